The number of benzene rings is 1. The van der Waals surface area contributed by atoms with E-state index in [4.69, 9.17) is 10.9 Å². The van der Waals surface area contributed by atoms with E-state index in [-0.39, 0.29) is 18.3 Å². The fraction of sp³-hybridized carbons (Fsp3) is 0.333. The number of likely N-dealkylation sites (N-methyl/N-ethyl adjacent to an activating group) is 1. The molecular weight excluding hydrogens is 218 g/mol. The highest BCUT2D eigenvalue weighted by Crippen LogP contribution is 2.11. The van der Waals surface area contributed by atoms with E-state index in [1.54, 1.807) is 13.1 Å². The summed E-state index contributed by atoms with van der Waals surface area (Å²) in [4.78, 5) is 13.5. The lowest BCUT2D eigenvalue weighted by atomic mass is 10.0. The summed E-state index contributed by atoms with van der Waals surface area (Å²) in [6.45, 7) is 2.10. The van der Waals surface area contributed by atoms with Crippen molar-refractivity contribution >= 4 is 11.7 Å². The molecule has 17 heavy (non-hydrogen) atoms. The van der Waals surface area contributed by atoms with Crippen LogP contribution in [0.2, 0.25) is 0 Å². The molecule has 0 aliphatic heterocycles. The summed E-state index contributed by atoms with van der Waals surface area (Å²) in [6.07, 6.45) is 0.791. The normalized spacial score (nSPS) is 11.3. The first-order valence-electron chi connectivity index (χ1n) is 5.40. The average molecular weight is 235 g/mol. The summed E-state index contributed by atoms with van der Waals surface area (Å²) in [5.74, 6) is -0.121. The van der Waals surface area contributed by atoms with Gasteiger partial charge in [0.25, 0.3) is 5.91 Å². The molecule has 1 aromatic carbocycles. The van der Waals surface area contributed by atoms with Gasteiger partial charge < -0.3 is 15.8 Å². The van der Waals surface area contributed by atoms with Gasteiger partial charge in [0.2, 0.25) is 0 Å². The van der Waals surface area contributed by atoms with Crippen LogP contribution < -0.4 is 5.73 Å². The highest BCUT2D eigenvalue weighted by atomic mass is 16.4. The van der Waals surface area contributed by atoms with Crippen molar-refractivity contribution in [3.05, 3.63) is 35.4 Å². The molecule has 0 aliphatic carbocycles. The number of amides is 1. The van der Waals surface area contributed by atoms with E-state index < -0.39 is 0 Å². The van der Waals surface area contributed by atoms with Crippen LogP contribution in [0.4, 0.5) is 0 Å². The van der Waals surface area contributed by atoms with Gasteiger partial charge in [0.15, 0.2) is 5.84 Å². The number of nitrogens with zero attached hydrogens (tertiary/aromatic N) is 2. The van der Waals surface area contributed by atoms with E-state index in [0.717, 1.165) is 12.0 Å². The van der Waals surface area contributed by atoms with Crippen LogP contribution >= 0.6 is 0 Å². The lowest BCUT2D eigenvalue weighted by Crippen LogP contribution is -2.35. The first-order chi connectivity index (χ1) is 8.10. The molecule has 0 saturated carbocycles. The Labute approximate surface area is 101 Å². The van der Waals surface area contributed by atoms with Gasteiger partial charge in [-0.3, -0.25) is 4.79 Å². The van der Waals surface area contributed by atoms with E-state index in [2.05, 4.69) is 5.16 Å². The number of hydrogen-bond acceptors (Lipinski definition) is 3. The van der Waals surface area contributed by atoms with Crippen molar-refractivity contribution in [2.45, 2.75) is 13.3 Å². The third-order valence-corrected chi connectivity index (χ3v) is 2.50. The van der Waals surface area contributed by atoms with Crippen molar-refractivity contribution in [2.24, 2.45) is 10.9 Å². The van der Waals surface area contributed by atoms with Crippen LogP contribution in [0.15, 0.2) is 29.4 Å². The fourth-order valence-electron chi connectivity index (χ4n) is 1.59. The van der Waals surface area contributed by atoms with Crippen molar-refractivity contribution in [1.29, 1.82) is 0 Å². The van der Waals surface area contributed by atoms with Crippen molar-refractivity contribution < 1.29 is 10.0 Å². The Bertz CT molecular complexity index is 430. The van der Waals surface area contributed by atoms with Crippen LogP contribution in [0.5, 0.6) is 0 Å². The minimum atomic E-state index is -0.131. The molecule has 5 heteroatoms. The zero-order valence-electron chi connectivity index (χ0n) is 10.1. The van der Waals surface area contributed by atoms with Gasteiger partial charge in [-0.05, 0) is 18.1 Å². The van der Waals surface area contributed by atoms with Gasteiger partial charge in [0, 0.05) is 12.6 Å². The van der Waals surface area contributed by atoms with Crippen LogP contribution in [0.1, 0.15) is 22.8 Å². The molecule has 5 nitrogen and oxygen atoms in total. The SMILES string of the molecule is CCc1ccccc1C(=O)N(C)C/C(N)=N/O. The lowest BCUT2D eigenvalue weighted by Gasteiger charge is -2.17. The number of nitrogens with two attached hydrogens (primary N) is 1. The highest BCUT2D eigenvalue weighted by molar-refractivity contribution is 5.98. The van der Waals surface area contributed by atoms with E-state index in [1.807, 2.05) is 25.1 Å². The maximum Gasteiger partial charge on any atom is 0.254 e. The van der Waals surface area contributed by atoms with E-state index in [1.165, 1.54) is 4.90 Å². The summed E-state index contributed by atoms with van der Waals surface area (Å²) in [6, 6.07) is 7.43. The second-order valence-electron chi connectivity index (χ2n) is 3.76. The summed E-state index contributed by atoms with van der Waals surface area (Å²) in [5.41, 5.74) is 7.01. The smallest absolute Gasteiger partial charge is 0.254 e. The van der Waals surface area contributed by atoms with Crippen molar-refractivity contribution in [2.75, 3.05) is 13.6 Å². The predicted molar refractivity (Wildman–Crippen MR) is 66.2 cm³/mol. The van der Waals surface area contributed by atoms with Crippen molar-refractivity contribution in [3.63, 3.8) is 0 Å². The molecule has 1 rings (SSSR count). The molecule has 0 aromatic heterocycles. The first kappa shape index (κ1) is 13.0. The minimum Gasteiger partial charge on any atom is -0.409 e. The molecule has 0 unspecified atom stereocenters. The van der Waals surface area contributed by atoms with Crippen molar-refractivity contribution in [3.8, 4) is 0 Å². The van der Waals surface area contributed by atoms with Gasteiger partial charge in [-0.2, -0.15) is 0 Å². The number of amidine groups is 1. The highest BCUT2D eigenvalue weighted by Gasteiger charge is 2.15. The topological polar surface area (TPSA) is 78.9 Å². The van der Waals surface area contributed by atoms with Crippen LogP contribution in [-0.4, -0.2) is 35.4 Å². The molecule has 0 radical (unpaired) electrons. The minimum absolute atomic E-state index is 0.00910. The van der Waals surface area contributed by atoms with Gasteiger partial charge >= 0.3 is 0 Å². The summed E-state index contributed by atoms with van der Waals surface area (Å²) in [5, 5.41) is 11.3. The van der Waals surface area contributed by atoms with Gasteiger partial charge in [-0.1, -0.05) is 30.3 Å². The van der Waals surface area contributed by atoms with Gasteiger partial charge in [0.05, 0.1) is 6.54 Å². The number of oxime groups is 1. The Balaban J connectivity index is 2.88. The second-order valence-corrected chi connectivity index (χ2v) is 3.76. The molecule has 0 aliphatic rings. The van der Waals surface area contributed by atoms with E-state index >= 15 is 0 Å². The molecule has 0 atom stereocenters. The van der Waals surface area contributed by atoms with Crippen LogP contribution in [0.25, 0.3) is 0 Å². The zero-order valence-corrected chi connectivity index (χ0v) is 10.1. The Morgan fingerprint density at radius 1 is 1.47 bits per heavy atom. The number of rotatable bonds is 4. The number of hydrogen-bond donors (Lipinski definition) is 2. The predicted octanol–water partition coefficient (Wildman–Crippen LogP) is 1.07. The molecule has 0 saturated heterocycles. The molecule has 0 fully saturated rings. The molecule has 0 bridgehead atoms. The maximum absolute atomic E-state index is 12.1. The maximum atomic E-state index is 12.1. The van der Waals surface area contributed by atoms with E-state index in [9.17, 15) is 4.79 Å². The Kier molecular flexibility index (Phi) is 4.51. The largest absolute Gasteiger partial charge is 0.409 e. The van der Waals surface area contributed by atoms with Gasteiger partial charge in [0.1, 0.15) is 0 Å². The number of aryl methyl sites for hydroxylation is 1. The summed E-state index contributed by atoms with van der Waals surface area (Å²) in [7, 11) is 1.62. The third kappa shape index (κ3) is 3.21. The molecule has 1 amide bonds. The number of carbonyl (C=O) groups excluding carboxylic acids is 1. The quantitative estimate of drug-likeness (QED) is 0.354. The Morgan fingerprint density at radius 3 is 2.71 bits per heavy atom. The molecule has 3 N–H and O–H groups in total. The van der Waals surface area contributed by atoms with E-state index in [0.29, 0.717) is 5.56 Å². The molecule has 1 aromatic rings. The Morgan fingerprint density at radius 2 is 2.12 bits per heavy atom. The van der Waals surface area contributed by atoms with Crippen LogP contribution in [0.3, 0.4) is 0 Å². The monoisotopic (exact) mass is 235 g/mol. The number of carbonyl (C=O) groups is 1. The standard InChI is InChI=1S/C12H17N3O2/c1-3-9-6-4-5-7-10(9)12(16)15(2)8-11(13)14-17/h4-7,17H,3,8H2,1-2H3,(H2,13,14). The first-order valence-corrected chi connectivity index (χ1v) is 5.40. The Hall–Kier alpha value is -2.04. The van der Waals surface area contributed by atoms with Crippen LogP contribution in [0, 0.1) is 0 Å². The van der Waals surface area contributed by atoms with Gasteiger partial charge in [-0.15, -0.1) is 0 Å². The lowest BCUT2D eigenvalue weighted by molar-refractivity contribution is 0.0812. The van der Waals surface area contributed by atoms with Crippen LogP contribution in [-0.2, 0) is 6.42 Å². The van der Waals surface area contributed by atoms with Gasteiger partial charge in [-0.25, -0.2) is 0 Å². The summed E-state index contributed by atoms with van der Waals surface area (Å²) < 4.78 is 0. The zero-order chi connectivity index (χ0) is 12.8. The molecule has 92 valence electrons. The summed E-state index contributed by atoms with van der Waals surface area (Å²) >= 11 is 0. The van der Waals surface area contributed by atoms with Crippen molar-refractivity contribution in [1.82, 2.24) is 4.90 Å². The molecular formula is C12H17N3O2. The molecule has 0 spiro atoms. The second kappa shape index (κ2) is 5.89. The third-order valence-electron chi connectivity index (χ3n) is 2.50. The average Bonchev–Trinajstić information content (AvgIpc) is 2.37. The molecule has 0 heterocycles. The fourth-order valence-corrected chi connectivity index (χ4v) is 1.59.